The first-order chi connectivity index (χ1) is 12.7. The number of hydrogen-bond acceptors (Lipinski definition) is 4. The van der Waals surface area contributed by atoms with Crippen LogP contribution in [-0.4, -0.2) is 30.7 Å². The lowest BCUT2D eigenvalue weighted by molar-refractivity contribution is -0.116. The van der Waals surface area contributed by atoms with Crippen molar-refractivity contribution in [1.29, 1.82) is 0 Å². The third kappa shape index (κ3) is 3.43. The average molecular weight is 367 g/mol. The predicted molar refractivity (Wildman–Crippen MR) is 98.9 cm³/mol. The Morgan fingerprint density at radius 1 is 1.12 bits per heavy atom. The minimum atomic E-state index is -0.196. The molecule has 4 rings (SSSR count). The lowest BCUT2D eigenvalue weighted by Crippen LogP contribution is -2.19. The van der Waals surface area contributed by atoms with Crippen molar-refractivity contribution in [2.45, 2.75) is 13.1 Å². The highest BCUT2D eigenvalue weighted by atomic mass is 35.5. The maximum atomic E-state index is 12.3. The lowest BCUT2D eigenvalue weighted by Gasteiger charge is -2.04. The van der Waals surface area contributed by atoms with Crippen LogP contribution >= 0.6 is 11.6 Å². The van der Waals surface area contributed by atoms with Gasteiger partial charge in [0.25, 0.3) is 0 Å². The first kappa shape index (κ1) is 16.3. The van der Waals surface area contributed by atoms with E-state index in [4.69, 9.17) is 11.6 Å². The summed E-state index contributed by atoms with van der Waals surface area (Å²) in [4.78, 5) is 12.3. The highest BCUT2D eigenvalue weighted by Gasteiger charge is 2.10. The number of anilines is 1. The molecular weight excluding hydrogens is 352 g/mol. The van der Waals surface area contributed by atoms with E-state index < -0.39 is 0 Å². The van der Waals surface area contributed by atoms with E-state index in [1.807, 2.05) is 48.5 Å². The van der Waals surface area contributed by atoms with Crippen molar-refractivity contribution in [2.24, 2.45) is 0 Å². The summed E-state index contributed by atoms with van der Waals surface area (Å²) in [7, 11) is 0. The number of fused-ring (bicyclic) bond motifs is 1. The topological polar surface area (TPSA) is 77.6 Å². The van der Waals surface area contributed by atoms with E-state index >= 15 is 0 Å². The third-order valence-electron chi connectivity index (χ3n) is 3.92. The zero-order chi connectivity index (χ0) is 17.9. The molecule has 0 bridgehead atoms. The van der Waals surface area contributed by atoms with Crippen LogP contribution in [0.15, 0.2) is 60.9 Å². The summed E-state index contributed by atoms with van der Waals surface area (Å²) in [6.07, 6.45) is 3.37. The van der Waals surface area contributed by atoms with Crippen molar-refractivity contribution in [3.05, 3.63) is 71.5 Å². The van der Waals surface area contributed by atoms with Gasteiger partial charge in [-0.3, -0.25) is 9.48 Å². The molecule has 2 aromatic carbocycles. The van der Waals surface area contributed by atoms with Gasteiger partial charge >= 0.3 is 0 Å². The van der Waals surface area contributed by atoms with Crippen LogP contribution in [0.3, 0.4) is 0 Å². The first-order valence-electron chi connectivity index (χ1n) is 8.03. The van der Waals surface area contributed by atoms with Crippen LogP contribution in [0.1, 0.15) is 5.56 Å². The monoisotopic (exact) mass is 366 g/mol. The Hall–Kier alpha value is -3.19. The standard InChI is InChI=1S/C18H15ClN6O/c19-15-6-2-1-5-13(15)10-24-11-14(9-20-24)21-18(26)12-25-17-8-4-3-7-16(17)22-23-25/h1-9,11H,10,12H2,(H,21,26). The highest BCUT2D eigenvalue weighted by Crippen LogP contribution is 2.17. The van der Waals surface area contributed by atoms with E-state index in [1.165, 1.54) is 0 Å². The van der Waals surface area contributed by atoms with Crippen LogP contribution in [0.25, 0.3) is 11.0 Å². The molecular formula is C18H15ClN6O. The Bertz CT molecular complexity index is 1070. The molecule has 130 valence electrons. The van der Waals surface area contributed by atoms with Gasteiger partial charge in [-0.05, 0) is 23.8 Å². The molecule has 7 nitrogen and oxygen atoms in total. The van der Waals surface area contributed by atoms with Gasteiger partial charge in [0.1, 0.15) is 12.1 Å². The van der Waals surface area contributed by atoms with Crippen LogP contribution in [0.4, 0.5) is 5.69 Å². The number of aromatic nitrogens is 5. The maximum absolute atomic E-state index is 12.3. The molecule has 0 aliphatic rings. The Morgan fingerprint density at radius 2 is 1.92 bits per heavy atom. The molecule has 0 aliphatic heterocycles. The van der Waals surface area contributed by atoms with Crippen molar-refractivity contribution in [3.8, 4) is 0 Å². The number of benzene rings is 2. The van der Waals surface area contributed by atoms with Gasteiger partial charge in [0, 0.05) is 11.2 Å². The van der Waals surface area contributed by atoms with Crippen molar-refractivity contribution in [2.75, 3.05) is 5.32 Å². The molecule has 0 spiro atoms. The number of nitrogens with zero attached hydrogens (tertiary/aromatic N) is 5. The van der Waals surface area contributed by atoms with Crippen molar-refractivity contribution >= 4 is 34.2 Å². The molecule has 1 amide bonds. The van der Waals surface area contributed by atoms with E-state index in [0.717, 1.165) is 16.6 Å². The number of para-hydroxylation sites is 1. The molecule has 0 radical (unpaired) electrons. The third-order valence-corrected chi connectivity index (χ3v) is 4.29. The lowest BCUT2D eigenvalue weighted by atomic mass is 10.2. The Morgan fingerprint density at radius 3 is 2.81 bits per heavy atom. The van der Waals surface area contributed by atoms with E-state index in [-0.39, 0.29) is 12.5 Å². The van der Waals surface area contributed by atoms with E-state index in [1.54, 1.807) is 21.8 Å². The molecule has 0 aliphatic carbocycles. The normalized spacial score (nSPS) is 11.0. The molecule has 0 unspecified atom stereocenters. The van der Waals surface area contributed by atoms with Crippen molar-refractivity contribution in [3.63, 3.8) is 0 Å². The molecule has 0 saturated heterocycles. The number of halogens is 1. The smallest absolute Gasteiger partial charge is 0.246 e. The summed E-state index contributed by atoms with van der Waals surface area (Å²) in [5.41, 5.74) is 3.15. The number of rotatable bonds is 5. The maximum Gasteiger partial charge on any atom is 0.246 e. The minimum Gasteiger partial charge on any atom is -0.322 e. The van der Waals surface area contributed by atoms with Gasteiger partial charge in [-0.2, -0.15) is 5.10 Å². The fraction of sp³-hybridized carbons (Fsp3) is 0.111. The van der Waals surface area contributed by atoms with Gasteiger partial charge in [-0.25, -0.2) is 4.68 Å². The van der Waals surface area contributed by atoms with Crippen LogP contribution < -0.4 is 5.32 Å². The van der Waals surface area contributed by atoms with Crippen LogP contribution in [0, 0.1) is 0 Å². The van der Waals surface area contributed by atoms with Crippen LogP contribution in [0.2, 0.25) is 5.02 Å². The second-order valence-electron chi connectivity index (χ2n) is 5.80. The summed E-state index contributed by atoms with van der Waals surface area (Å²) in [5, 5.41) is 15.8. The SMILES string of the molecule is O=C(Cn1nnc2ccccc21)Nc1cnn(Cc2ccccc2Cl)c1. The molecule has 2 aromatic heterocycles. The van der Waals surface area contributed by atoms with Gasteiger partial charge in [0.05, 0.1) is 23.9 Å². The second kappa shape index (κ2) is 6.97. The minimum absolute atomic E-state index is 0.0796. The average Bonchev–Trinajstić information content (AvgIpc) is 3.24. The summed E-state index contributed by atoms with van der Waals surface area (Å²) >= 11 is 6.17. The van der Waals surface area contributed by atoms with E-state index in [2.05, 4.69) is 20.7 Å². The van der Waals surface area contributed by atoms with E-state index in [9.17, 15) is 4.79 Å². The number of carbonyl (C=O) groups excluding carboxylic acids is 1. The van der Waals surface area contributed by atoms with Gasteiger partial charge in [0.15, 0.2) is 0 Å². The van der Waals surface area contributed by atoms with Crippen molar-refractivity contribution in [1.82, 2.24) is 24.8 Å². The number of carbonyl (C=O) groups is 1. The van der Waals surface area contributed by atoms with Gasteiger partial charge in [-0.15, -0.1) is 5.10 Å². The zero-order valence-corrected chi connectivity index (χ0v) is 14.5. The summed E-state index contributed by atoms with van der Waals surface area (Å²) in [6, 6.07) is 15.1. The summed E-state index contributed by atoms with van der Waals surface area (Å²) in [6.45, 7) is 0.611. The van der Waals surface area contributed by atoms with Crippen LogP contribution in [-0.2, 0) is 17.9 Å². The second-order valence-corrected chi connectivity index (χ2v) is 6.21. The quantitative estimate of drug-likeness (QED) is 0.589. The van der Waals surface area contributed by atoms with Gasteiger partial charge in [0.2, 0.25) is 5.91 Å². The fourth-order valence-electron chi connectivity index (χ4n) is 2.69. The Kier molecular flexibility index (Phi) is 4.37. The summed E-state index contributed by atoms with van der Waals surface area (Å²) in [5.74, 6) is -0.196. The first-order valence-corrected chi connectivity index (χ1v) is 8.41. The molecule has 0 saturated carbocycles. The summed E-state index contributed by atoms with van der Waals surface area (Å²) < 4.78 is 3.29. The number of amides is 1. The molecule has 0 fully saturated rings. The largest absolute Gasteiger partial charge is 0.322 e. The molecule has 1 N–H and O–H groups in total. The Labute approximate surface area is 154 Å². The Balaban J connectivity index is 1.42. The number of hydrogen-bond donors (Lipinski definition) is 1. The molecule has 0 atom stereocenters. The predicted octanol–water partition coefficient (Wildman–Crippen LogP) is 2.97. The van der Waals surface area contributed by atoms with Crippen molar-refractivity contribution < 1.29 is 4.79 Å². The van der Waals surface area contributed by atoms with E-state index in [0.29, 0.717) is 17.3 Å². The van der Waals surface area contributed by atoms with Crippen LogP contribution in [0.5, 0.6) is 0 Å². The molecule has 2 heterocycles. The molecule has 4 aromatic rings. The van der Waals surface area contributed by atoms with Gasteiger partial charge in [-0.1, -0.05) is 47.1 Å². The molecule has 8 heteroatoms. The molecule has 26 heavy (non-hydrogen) atoms. The highest BCUT2D eigenvalue weighted by molar-refractivity contribution is 6.31. The van der Waals surface area contributed by atoms with Gasteiger partial charge < -0.3 is 5.32 Å². The number of nitrogens with one attached hydrogen (secondary N) is 1. The fourth-order valence-corrected chi connectivity index (χ4v) is 2.88. The zero-order valence-electron chi connectivity index (χ0n) is 13.7.